The highest BCUT2D eigenvalue weighted by molar-refractivity contribution is 9.10. The third-order valence-electron chi connectivity index (χ3n) is 5.69. The van der Waals surface area contributed by atoms with Gasteiger partial charge in [0.05, 0.1) is 24.6 Å². The number of halogens is 1. The van der Waals surface area contributed by atoms with E-state index in [9.17, 15) is 14.4 Å². The Morgan fingerprint density at radius 2 is 2.14 bits per heavy atom. The summed E-state index contributed by atoms with van der Waals surface area (Å²) in [5, 5.41) is 0.196. The second-order valence-electron chi connectivity index (χ2n) is 7.95. The largest absolute Gasteiger partial charge is 0.462 e. The average molecular weight is 541 g/mol. The van der Waals surface area contributed by atoms with Crippen LogP contribution in [0.15, 0.2) is 61.5 Å². The molecule has 11 heteroatoms. The monoisotopic (exact) mass is 540 g/mol. The number of carbonyl (C=O) groups excluding carboxylic acids is 2. The number of rotatable bonds is 5. The van der Waals surface area contributed by atoms with Gasteiger partial charge in [0, 0.05) is 12.8 Å². The van der Waals surface area contributed by atoms with Crippen molar-refractivity contribution < 1.29 is 23.5 Å². The average Bonchev–Trinajstić information content (AvgIpc) is 3.52. The molecule has 1 amide bonds. The van der Waals surface area contributed by atoms with Gasteiger partial charge in [-0.2, -0.15) is 4.99 Å². The second kappa shape index (κ2) is 9.59. The minimum absolute atomic E-state index is 0.0120. The zero-order valence-corrected chi connectivity index (χ0v) is 20.4. The lowest BCUT2D eigenvalue weighted by Gasteiger charge is -2.17. The molecule has 0 saturated carbocycles. The number of amides is 1. The van der Waals surface area contributed by atoms with Crippen LogP contribution in [-0.4, -0.2) is 45.1 Å². The lowest BCUT2D eigenvalue weighted by molar-refractivity contribution is 0.0521. The maximum Gasteiger partial charge on any atom is 0.341 e. The maximum atomic E-state index is 13.4. The lowest BCUT2D eigenvalue weighted by atomic mass is 10.2. The van der Waals surface area contributed by atoms with Crippen LogP contribution in [-0.2, 0) is 16.0 Å². The predicted molar refractivity (Wildman–Crippen MR) is 128 cm³/mol. The zero-order valence-electron chi connectivity index (χ0n) is 18.8. The molecule has 1 aliphatic rings. The Kier molecular flexibility index (Phi) is 6.35. The highest BCUT2D eigenvalue weighted by Crippen LogP contribution is 2.18. The summed E-state index contributed by atoms with van der Waals surface area (Å²) < 4.78 is 19.8. The fourth-order valence-corrected chi connectivity index (χ4v) is 4.41. The fraction of sp³-hybridized carbons (Fsp3) is 0.292. The molecule has 4 aromatic rings. The Labute approximate surface area is 206 Å². The number of esters is 1. The van der Waals surface area contributed by atoms with Gasteiger partial charge >= 0.3 is 11.9 Å². The van der Waals surface area contributed by atoms with Crippen LogP contribution in [0.5, 0.6) is 0 Å². The van der Waals surface area contributed by atoms with Gasteiger partial charge < -0.3 is 18.5 Å². The summed E-state index contributed by atoms with van der Waals surface area (Å²) in [5.41, 5.74) is 0.353. The molecule has 4 aromatic heterocycles. The number of aromatic nitrogens is 3. The quantitative estimate of drug-likeness (QED) is 0.282. The first-order valence-electron chi connectivity index (χ1n) is 11.1. The van der Waals surface area contributed by atoms with Gasteiger partial charge in [0.15, 0.2) is 15.9 Å². The van der Waals surface area contributed by atoms with Gasteiger partial charge in [-0.15, -0.1) is 0 Å². The van der Waals surface area contributed by atoms with Crippen molar-refractivity contribution in [1.29, 1.82) is 0 Å². The Balaban J connectivity index is 1.86. The molecular weight excluding hydrogens is 520 g/mol. The molecule has 1 atom stereocenters. The third-order valence-corrected chi connectivity index (χ3v) is 6.11. The van der Waals surface area contributed by atoms with Crippen molar-refractivity contribution in [2.24, 2.45) is 4.99 Å². The maximum absolute atomic E-state index is 13.4. The minimum atomic E-state index is -0.708. The Bertz CT molecular complexity index is 1580. The summed E-state index contributed by atoms with van der Waals surface area (Å²) in [7, 11) is 0. The van der Waals surface area contributed by atoms with Crippen molar-refractivity contribution in [3.8, 4) is 0 Å². The molecule has 1 unspecified atom stereocenters. The minimum Gasteiger partial charge on any atom is -0.462 e. The summed E-state index contributed by atoms with van der Waals surface area (Å²) in [6.45, 7) is 2.63. The molecule has 1 aliphatic heterocycles. The van der Waals surface area contributed by atoms with Crippen molar-refractivity contribution in [2.75, 3.05) is 13.2 Å². The first-order chi connectivity index (χ1) is 17.0. The number of carbonyl (C=O) groups is 2. The van der Waals surface area contributed by atoms with Crippen molar-refractivity contribution in [1.82, 2.24) is 14.0 Å². The smallest absolute Gasteiger partial charge is 0.341 e. The van der Waals surface area contributed by atoms with Crippen LogP contribution in [0.4, 0.5) is 0 Å². The van der Waals surface area contributed by atoms with Crippen molar-refractivity contribution in [2.45, 2.75) is 32.4 Å². The molecule has 35 heavy (non-hydrogen) atoms. The van der Waals surface area contributed by atoms with Gasteiger partial charge in [-0.1, -0.05) is 6.07 Å². The molecule has 5 heterocycles. The number of nitrogens with zero attached hydrogens (tertiary/aromatic N) is 4. The van der Waals surface area contributed by atoms with Gasteiger partial charge in [-0.05, 0) is 66.0 Å². The molecule has 1 saturated heterocycles. The van der Waals surface area contributed by atoms with E-state index in [1.54, 1.807) is 42.0 Å². The molecular formula is C24H21BrN4O6. The summed E-state index contributed by atoms with van der Waals surface area (Å²) in [6, 6.07) is 9.64. The molecule has 0 radical (unpaired) electrons. The van der Waals surface area contributed by atoms with Crippen LogP contribution in [0, 0.1) is 0 Å². The van der Waals surface area contributed by atoms with Crippen LogP contribution in [0.25, 0.3) is 16.7 Å². The number of fused-ring (bicyclic) bond motifs is 2. The zero-order chi connectivity index (χ0) is 24.5. The van der Waals surface area contributed by atoms with Crippen molar-refractivity contribution in [3.63, 3.8) is 0 Å². The topological polar surface area (TPSA) is 117 Å². The Morgan fingerprint density at radius 3 is 2.86 bits per heavy atom. The summed E-state index contributed by atoms with van der Waals surface area (Å²) >= 11 is 3.18. The van der Waals surface area contributed by atoms with E-state index in [-0.39, 0.29) is 52.7 Å². The van der Waals surface area contributed by atoms with Gasteiger partial charge in [0.25, 0.3) is 5.56 Å². The summed E-state index contributed by atoms with van der Waals surface area (Å²) in [6.07, 6.45) is 3.07. The normalized spacial score (nSPS) is 16.3. The van der Waals surface area contributed by atoms with E-state index < -0.39 is 11.9 Å². The van der Waals surface area contributed by atoms with Crippen molar-refractivity contribution in [3.05, 3.63) is 74.4 Å². The van der Waals surface area contributed by atoms with E-state index >= 15 is 0 Å². The van der Waals surface area contributed by atoms with Gasteiger partial charge in [-0.25, -0.2) is 9.78 Å². The highest BCUT2D eigenvalue weighted by Gasteiger charge is 2.24. The first-order valence-corrected chi connectivity index (χ1v) is 11.9. The van der Waals surface area contributed by atoms with E-state index in [1.165, 1.54) is 16.5 Å². The van der Waals surface area contributed by atoms with Crippen LogP contribution in [0.2, 0.25) is 0 Å². The number of pyridine rings is 2. The van der Waals surface area contributed by atoms with E-state index in [0.29, 0.717) is 16.9 Å². The molecule has 0 N–H and O–H groups in total. The van der Waals surface area contributed by atoms with Crippen LogP contribution < -0.4 is 11.0 Å². The van der Waals surface area contributed by atoms with Gasteiger partial charge in [-0.3, -0.25) is 14.0 Å². The SMILES string of the molecule is CCOC(=O)c1cc2c(=O)n3ccccc3nc2n(CC2CCCO2)c1=NC(=O)c1ccc(Br)o1. The fourth-order valence-electron chi connectivity index (χ4n) is 4.10. The van der Waals surface area contributed by atoms with Crippen LogP contribution in [0.3, 0.4) is 0 Å². The standard InChI is InChI=1S/C24H21BrN4O6/c1-2-33-24(32)16-12-15-20(26-19-7-3-4-10-28(19)23(15)31)29(13-14-6-5-11-34-14)21(16)27-22(30)17-8-9-18(25)35-17/h3-4,7-10,12,14H,2,5-6,11,13H2,1H3. The predicted octanol–water partition coefficient (Wildman–Crippen LogP) is 3.10. The number of hydrogen-bond acceptors (Lipinski definition) is 7. The molecule has 0 aromatic carbocycles. The summed E-state index contributed by atoms with van der Waals surface area (Å²) in [4.78, 5) is 48.3. The lowest BCUT2D eigenvalue weighted by Crippen LogP contribution is -2.35. The molecule has 10 nitrogen and oxygen atoms in total. The molecule has 5 rings (SSSR count). The van der Waals surface area contributed by atoms with Crippen molar-refractivity contribution >= 4 is 44.5 Å². The van der Waals surface area contributed by atoms with E-state index in [2.05, 4.69) is 25.9 Å². The molecule has 0 aliphatic carbocycles. The molecule has 1 fully saturated rings. The van der Waals surface area contributed by atoms with Gasteiger partial charge in [0.2, 0.25) is 0 Å². The first kappa shape index (κ1) is 23.2. The number of ether oxygens (including phenoxy) is 2. The molecule has 180 valence electrons. The van der Waals surface area contributed by atoms with Crippen LogP contribution >= 0.6 is 15.9 Å². The highest BCUT2D eigenvalue weighted by atomic mass is 79.9. The summed E-state index contributed by atoms with van der Waals surface area (Å²) in [5.74, 6) is -1.42. The Morgan fingerprint density at radius 1 is 1.29 bits per heavy atom. The second-order valence-corrected chi connectivity index (χ2v) is 8.73. The van der Waals surface area contributed by atoms with E-state index in [1.807, 2.05) is 0 Å². The Hall–Kier alpha value is -3.57. The van der Waals surface area contributed by atoms with E-state index in [0.717, 1.165) is 12.8 Å². The molecule has 0 bridgehead atoms. The van der Waals surface area contributed by atoms with Gasteiger partial charge in [0.1, 0.15) is 16.9 Å². The van der Waals surface area contributed by atoms with Crippen LogP contribution in [0.1, 0.15) is 40.7 Å². The van der Waals surface area contributed by atoms with E-state index in [4.69, 9.17) is 13.9 Å². The third kappa shape index (κ3) is 4.44. The molecule has 0 spiro atoms. The number of hydrogen-bond donors (Lipinski definition) is 0. The number of furan rings is 1.